The van der Waals surface area contributed by atoms with Crippen molar-refractivity contribution in [1.82, 2.24) is 4.90 Å². The van der Waals surface area contributed by atoms with Crippen LogP contribution in [0.3, 0.4) is 0 Å². The van der Waals surface area contributed by atoms with E-state index in [1.165, 1.54) is 12.8 Å². The van der Waals surface area contributed by atoms with E-state index in [2.05, 4.69) is 19.1 Å². The van der Waals surface area contributed by atoms with Crippen molar-refractivity contribution < 1.29 is 9.53 Å². The minimum atomic E-state index is -0.00169. The first kappa shape index (κ1) is 16.8. The summed E-state index contributed by atoms with van der Waals surface area (Å²) in [7, 11) is 0. The van der Waals surface area contributed by atoms with Crippen LogP contribution >= 0.6 is 11.6 Å². The summed E-state index contributed by atoms with van der Waals surface area (Å²) < 4.78 is 5.64. The quantitative estimate of drug-likeness (QED) is 0.738. The van der Waals surface area contributed by atoms with Gasteiger partial charge >= 0.3 is 0 Å². The van der Waals surface area contributed by atoms with Crippen LogP contribution in [0, 0.1) is 5.92 Å². The van der Waals surface area contributed by atoms with E-state index >= 15 is 0 Å². The molecule has 3 rings (SSSR count). The van der Waals surface area contributed by atoms with E-state index in [-0.39, 0.29) is 18.6 Å². The zero-order valence-electron chi connectivity index (χ0n) is 13.8. The van der Waals surface area contributed by atoms with Crippen LogP contribution in [0.4, 0.5) is 0 Å². The minimum Gasteiger partial charge on any atom is -0.482 e. The summed E-state index contributed by atoms with van der Waals surface area (Å²) in [6.07, 6.45) is 2.40. The third-order valence-corrected chi connectivity index (χ3v) is 4.81. The van der Waals surface area contributed by atoms with Crippen LogP contribution in [-0.2, 0) is 11.3 Å². The molecule has 1 aliphatic rings. The Morgan fingerprint density at radius 1 is 1.17 bits per heavy atom. The van der Waals surface area contributed by atoms with Gasteiger partial charge in [0.1, 0.15) is 5.75 Å². The molecule has 1 aliphatic carbocycles. The number of carbonyl (C=O) groups excluding carboxylic acids is 1. The van der Waals surface area contributed by atoms with Crippen LogP contribution in [0.2, 0.25) is 5.02 Å². The van der Waals surface area contributed by atoms with Crippen molar-refractivity contribution in [1.29, 1.82) is 0 Å². The zero-order valence-corrected chi connectivity index (χ0v) is 14.6. The summed E-state index contributed by atoms with van der Waals surface area (Å²) >= 11 is 6.09. The fourth-order valence-corrected chi connectivity index (χ4v) is 3.05. The van der Waals surface area contributed by atoms with Gasteiger partial charge < -0.3 is 9.64 Å². The Balaban J connectivity index is 1.67. The average molecular weight is 344 g/mol. The van der Waals surface area contributed by atoms with E-state index < -0.39 is 0 Å². The Kier molecular flexibility index (Phi) is 5.41. The summed E-state index contributed by atoms with van der Waals surface area (Å²) in [6, 6.07) is 17.5. The molecule has 1 atom stereocenters. The molecule has 0 bridgehead atoms. The molecule has 4 heteroatoms. The predicted molar refractivity (Wildman–Crippen MR) is 96.1 cm³/mol. The van der Waals surface area contributed by atoms with Crippen LogP contribution in [0.1, 0.15) is 25.3 Å². The van der Waals surface area contributed by atoms with E-state index in [1.54, 1.807) is 12.1 Å². The number of rotatable bonds is 7. The largest absolute Gasteiger partial charge is 0.482 e. The summed E-state index contributed by atoms with van der Waals surface area (Å²) in [6.45, 7) is 2.75. The minimum absolute atomic E-state index is 0.00169. The molecule has 0 aliphatic heterocycles. The highest BCUT2D eigenvalue weighted by atomic mass is 35.5. The normalized spacial score (nSPS) is 14.9. The number of hydrogen-bond donors (Lipinski definition) is 0. The van der Waals surface area contributed by atoms with Crippen molar-refractivity contribution in [3.63, 3.8) is 0 Å². The number of hydrogen-bond acceptors (Lipinski definition) is 2. The van der Waals surface area contributed by atoms with Crippen LogP contribution in [0.5, 0.6) is 5.75 Å². The molecule has 2 aromatic rings. The fraction of sp³-hybridized carbons (Fsp3) is 0.350. The first-order valence-corrected chi connectivity index (χ1v) is 8.73. The molecule has 1 saturated carbocycles. The van der Waals surface area contributed by atoms with Gasteiger partial charge in [-0.3, -0.25) is 4.79 Å². The number of nitrogens with zero attached hydrogens (tertiary/aromatic N) is 1. The molecule has 0 aromatic heterocycles. The summed E-state index contributed by atoms with van der Waals surface area (Å²) in [5, 5.41) is 0.523. The Labute approximate surface area is 148 Å². The van der Waals surface area contributed by atoms with Gasteiger partial charge in [-0.25, -0.2) is 0 Å². The number of amides is 1. The Bertz CT molecular complexity index is 685. The van der Waals surface area contributed by atoms with Crippen molar-refractivity contribution in [3.05, 3.63) is 65.2 Å². The number of carbonyl (C=O) groups is 1. The average Bonchev–Trinajstić information content (AvgIpc) is 3.44. The van der Waals surface area contributed by atoms with Gasteiger partial charge in [-0.1, -0.05) is 54.1 Å². The predicted octanol–water partition coefficient (Wildman–Crippen LogP) is 4.55. The number of benzene rings is 2. The number of para-hydroxylation sites is 1. The molecular formula is C20H22ClNO2. The van der Waals surface area contributed by atoms with Gasteiger partial charge in [0.05, 0.1) is 5.02 Å². The SMILES string of the molecule is CC(C1CC1)N(Cc1ccccc1)C(=O)COc1ccccc1Cl. The molecule has 1 amide bonds. The molecule has 3 nitrogen and oxygen atoms in total. The first-order valence-electron chi connectivity index (χ1n) is 8.36. The molecule has 1 fully saturated rings. The Morgan fingerprint density at radius 3 is 2.50 bits per heavy atom. The molecule has 0 N–H and O–H groups in total. The van der Waals surface area contributed by atoms with Crippen molar-refractivity contribution >= 4 is 17.5 Å². The second-order valence-electron chi connectivity index (χ2n) is 6.30. The monoisotopic (exact) mass is 343 g/mol. The van der Waals surface area contributed by atoms with Crippen molar-refractivity contribution in [2.45, 2.75) is 32.4 Å². The second-order valence-corrected chi connectivity index (χ2v) is 6.71. The number of ether oxygens (including phenoxy) is 1. The molecule has 0 spiro atoms. The molecular weight excluding hydrogens is 322 g/mol. The lowest BCUT2D eigenvalue weighted by molar-refractivity contribution is -0.136. The van der Waals surface area contributed by atoms with E-state index in [4.69, 9.17) is 16.3 Å². The van der Waals surface area contributed by atoms with E-state index in [0.717, 1.165) is 5.56 Å². The summed E-state index contributed by atoms with van der Waals surface area (Å²) in [4.78, 5) is 14.7. The number of halogens is 1. The van der Waals surface area contributed by atoms with Gasteiger partial charge in [0.25, 0.3) is 5.91 Å². The highest BCUT2D eigenvalue weighted by Gasteiger charge is 2.34. The lowest BCUT2D eigenvalue weighted by Crippen LogP contribution is -2.42. The highest BCUT2D eigenvalue weighted by Crippen LogP contribution is 2.35. The highest BCUT2D eigenvalue weighted by molar-refractivity contribution is 6.32. The van der Waals surface area contributed by atoms with Gasteiger partial charge in [0.15, 0.2) is 6.61 Å². The van der Waals surface area contributed by atoms with Crippen molar-refractivity contribution in [2.75, 3.05) is 6.61 Å². The maximum Gasteiger partial charge on any atom is 0.261 e. The van der Waals surface area contributed by atoms with Gasteiger partial charge in [0.2, 0.25) is 0 Å². The van der Waals surface area contributed by atoms with Crippen molar-refractivity contribution in [2.24, 2.45) is 5.92 Å². The van der Waals surface area contributed by atoms with Crippen LogP contribution in [-0.4, -0.2) is 23.5 Å². The topological polar surface area (TPSA) is 29.5 Å². The maximum atomic E-state index is 12.8. The summed E-state index contributed by atoms with van der Waals surface area (Å²) in [5.41, 5.74) is 1.14. The van der Waals surface area contributed by atoms with Gasteiger partial charge in [0, 0.05) is 12.6 Å². The van der Waals surface area contributed by atoms with Crippen LogP contribution in [0.25, 0.3) is 0 Å². The molecule has 0 saturated heterocycles. The molecule has 0 radical (unpaired) electrons. The third kappa shape index (κ3) is 4.30. The molecule has 1 unspecified atom stereocenters. The fourth-order valence-electron chi connectivity index (χ4n) is 2.86. The second kappa shape index (κ2) is 7.71. The van der Waals surface area contributed by atoms with Gasteiger partial charge in [-0.2, -0.15) is 0 Å². The molecule has 0 heterocycles. The lowest BCUT2D eigenvalue weighted by atomic mass is 10.1. The maximum absolute atomic E-state index is 12.8. The zero-order chi connectivity index (χ0) is 16.9. The Hall–Kier alpha value is -2.00. The van der Waals surface area contributed by atoms with Crippen LogP contribution in [0.15, 0.2) is 54.6 Å². The first-order chi connectivity index (χ1) is 11.6. The standard InChI is InChI=1S/C20H22ClNO2/c1-15(17-11-12-17)22(13-16-7-3-2-4-8-16)20(23)14-24-19-10-6-5-9-18(19)21/h2-10,15,17H,11-14H2,1H3. The lowest BCUT2D eigenvalue weighted by Gasteiger charge is -2.29. The molecule has 24 heavy (non-hydrogen) atoms. The smallest absolute Gasteiger partial charge is 0.261 e. The van der Waals surface area contributed by atoms with Crippen molar-refractivity contribution in [3.8, 4) is 5.75 Å². The summed E-state index contributed by atoms with van der Waals surface area (Å²) in [5.74, 6) is 1.16. The van der Waals surface area contributed by atoms with E-state index in [1.807, 2.05) is 35.2 Å². The molecule has 2 aromatic carbocycles. The molecule has 126 valence electrons. The van der Waals surface area contributed by atoms with E-state index in [9.17, 15) is 4.79 Å². The Morgan fingerprint density at radius 2 is 1.83 bits per heavy atom. The van der Waals surface area contributed by atoms with Gasteiger partial charge in [-0.05, 0) is 43.4 Å². The van der Waals surface area contributed by atoms with Crippen LogP contribution < -0.4 is 4.74 Å². The van der Waals surface area contributed by atoms with E-state index in [0.29, 0.717) is 23.2 Å². The van der Waals surface area contributed by atoms with Gasteiger partial charge in [-0.15, -0.1) is 0 Å². The third-order valence-electron chi connectivity index (χ3n) is 4.50.